The first-order valence-electron chi connectivity index (χ1n) is 6.24. The summed E-state index contributed by atoms with van der Waals surface area (Å²) >= 11 is 1.63. The Balaban J connectivity index is 2.41. The lowest BCUT2D eigenvalue weighted by Crippen LogP contribution is -2.40. The summed E-state index contributed by atoms with van der Waals surface area (Å²) < 4.78 is 5.00. The summed E-state index contributed by atoms with van der Waals surface area (Å²) in [6, 6.07) is 2.02. The van der Waals surface area contributed by atoms with Gasteiger partial charge in [-0.05, 0) is 22.4 Å². The standard InChI is InChI=1S/C13H22N2O3S/c1-14(9-12-3-8-19-11-12)13(17)10-15(4-6-16)5-7-18-2/h3,8,11,16H,4-7,9-10H2,1-2H3. The number of amides is 1. The average molecular weight is 286 g/mol. The van der Waals surface area contributed by atoms with Crippen molar-refractivity contribution >= 4 is 17.2 Å². The van der Waals surface area contributed by atoms with E-state index in [0.717, 1.165) is 5.56 Å². The molecule has 0 fully saturated rings. The van der Waals surface area contributed by atoms with Crippen LogP contribution in [0.25, 0.3) is 0 Å². The van der Waals surface area contributed by atoms with Gasteiger partial charge in [-0.2, -0.15) is 11.3 Å². The number of rotatable bonds is 9. The van der Waals surface area contributed by atoms with Gasteiger partial charge < -0.3 is 14.7 Å². The molecule has 1 amide bonds. The fourth-order valence-corrected chi connectivity index (χ4v) is 2.35. The first-order valence-corrected chi connectivity index (χ1v) is 7.19. The second-order valence-electron chi connectivity index (χ2n) is 4.37. The van der Waals surface area contributed by atoms with Gasteiger partial charge in [0.15, 0.2) is 0 Å². The van der Waals surface area contributed by atoms with Gasteiger partial charge in [-0.1, -0.05) is 0 Å². The summed E-state index contributed by atoms with van der Waals surface area (Å²) in [5, 5.41) is 13.0. The number of thiophene rings is 1. The van der Waals surface area contributed by atoms with E-state index in [2.05, 4.69) is 0 Å². The first-order chi connectivity index (χ1) is 9.17. The van der Waals surface area contributed by atoms with E-state index in [1.165, 1.54) is 0 Å². The Morgan fingerprint density at radius 1 is 1.47 bits per heavy atom. The third-order valence-electron chi connectivity index (χ3n) is 2.81. The van der Waals surface area contributed by atoms with E-state index in [-0.39, 0.29) is 12.5 Å². The van der Waals surface area contributed by atoms with Crippen LogP contribution in [-0.2, 0) is 16.1 Å². The molecule has 0 aliphatic carbocycles. The number of carbonyl (C=O) groups is 1. The summed E-state index contributed by atoms with van der Waals surface area (Å²) in [5.41, 5.74) is 1.14. The Morgan fingerprint density at radius 2 is 2.26 bits per heavy atom. The third-order valence-corrected chi connectivity index (χ3v) is 3.54. The predicted octanol–water partition coefficient (Wildman–Crippen LogP) is 0.647. The van der Waals surface area contributed by atoms with E-state index >= 15 is 0 Å². The molecule has 0 aliphatic heterocycles. The third kappa shape index (κ3) is 6.15. The van der Waals surface area contributed by atoms with Gasteiger partial charge in [0.2, 0.25) is 5.91 Å². The number of likely N-dealkylation sites (N-methyl/N-ethyl adjacent to an activating group) is 1. The minimum Gasteiger partial charge on any atom is -0.395 e. The van der Waals surface area contributed by atoms with E-state index < -0.39 is 0 Å². The van der Waals surface area contributed by atoms with Crippen molar-refractivity contribution in [1.29, 1.82) is 0 Å². The van der Waals surface area contributed by atoms with Crippen LogP contribution in [0.15, 0.2) is 16.8 Å². The molecule has 0 unspecified atom stereocenters. The van der Waals surface area contributed by atoms with Gasteiger partial charge in [-0.25, -0.2) is 0 Å². The van der Waals surface area contributed by atoms with Crippen LogP contribution < -0.4 is 0 Å². The highest BCUT2D eigenvalue weighted by atomic mass is 32.1. The molecule has 0 spiro atoms. The molecule has 1 heterocycles. The molecule has 1 aromatic rings. The lowest BCUT2D eigenvalue weighted by Gasteiger charge is -2.24. The van der Waals surface area contributed by atoms with E-state index in [9.17, 15) is 4.79 Å². The van der Waals surface area contributed by atoms with E-state index in [1.54, 1.807) is 30.4 Å². The van der Waals surface area contributed by atoms with Crippen molar-refractivity contribution in [1.82, 2.24) is 9.80 Å². The minimum absolute atomic E-state index is 0.0469. The van der Waals surface area contributed by atoms with Crippen LogP contribution in [0.2, 0.25) is 0 Å². The van der Waals surface area contributed by atoms with Gasteiger partial charge in [0.1, 0.15) is 0 Å². The fraction of sp³-hybridized carbons (Fsp3) is 0.615. The van der Waals surface area contributed by atoms with Crippen molar-refractivity contribution in [2.75, 3.05) is 47.0 Å². The van der Waals surface area contributed by atoms with Crippen LogP contribution in [0.4, 0.5) is 0 Å². The second-order valence-corrected chi connectivity index (χ2v) is 5.15. The average Bonchev–Trinajstić information content (AvgIpc) is 2.88. The maximum atomic E-state index is 12.1. The number of hydrogen-bond donors (Lipinski definition) is 1. The van der Waals surface area contributed by atoms with Crippen molar-refractivity contribution < 1.29 is 14.6 Å². The summed E-state index contributed by atoms with van der Waals surface area (Å²) in [4.78, 5) is 15.7. The molecule has 0 bridgehead atoms. The maximum absolute atomic E-state index is 12.1. The van der Waals surface area contributed by atoms with Gasteiger partial charge in [0.05, 0.1) is 19.8 Å². The molecule has 5 nitrogen and oxygen atoms in total. The molecule has 108 valence electrons. The van der Waals surface area contributed by atoms with Gasteiger partial charge >= 0.3 is 0 Å². The van der Waals surface area contributed by atoms with Crippen LogP contribution >= 0.6 is 11.3 Å². The monoisotopic (exact) mass is 286 g/mol. The number of aliphatic hydroxyl groups is 1. The number of ether oxygens (including phenoxy) is 1. The van der Waals surface area contributed by atoms with Gasteiger partial charge in [0, 0.05) is 33.8 Å². The molecule has 0 aliphatic rings. The normalized spacial score (nSPS) is 10.9. The van der Waals surface area contributed by atoms with Crippen molar-refractivity contribution in [2.45, 2.75) is 6.54 Å². The highest BCUT2D eigenvalue weighted by molar-refractivity contribution is 7.07. The molecule has 19 heavy (non-hydrogen) atoms. The number of aliphatic hydroxyl groups excluding tert-OH is 1. The molecule has 0 aromatic carbocycles. The number of hydrogen-bond acceptors (Lipinski definition) is 5. The largest absolute Gasteiger partial charge is 0.395 e. The van der Waals surface area contributed by atoms with Crippen LogP contribution in [0.5, 0.6) is 0 Å². The summed E-state index contributed by atoms with van der Waals surface area (Å²) in [6.07, 6.45) is 0. The number of nitrogens with zero attached hydrogens (tertiary/aromatic N) is 2. The van der Waals surface area contributed by atoms with Crippen LogP contribution in [-0.4, -0.2) is 67.8 Å². The van der Waals surface area contributed by atoms with Crippen molar-refractivity contribution in [2.24, 2.45) is 0 Å². The molecular formula is C13H22N2O3S. The summed E-state index contributed by atoms with van der Waals surface area (Å²) in [5.74, 6) is 0.0516. The molecule has 0 atom stereocenters. The molecule has 0 saturated heterocycles. The lowest BCUT2D eigenvalue weighted by atomic mass is 10.3. The molecular weight excluding hydrogens is 264 g/mol. The van der Waals surface area contributed by atoms with Gasteiger partial charge in [-0.15, -0.1) is 0 Å². The quantitative estimate of drug-likeness (QED) is 0.724. The second kappa shape index (κ2) is 9.03. The minimum atomic E-state index is 0.0469. The molecule has 1 rings (SSSR count). The number of methoxy groups -OCH3 is 1. The first kappa shape index (κ1) is 16.1. The van der Waals surface area contributed by atoms with E-state index in [1.807, 2.05) is 21.7 Å². The Kier molecular flexibility index (Phi) is 7.66. The van der Waals surface area contributed by atoms with Crippen molar-refractivity contribution in [3.05, 3.63) is 22.4 Å². The van der Waals surface area contributed by atoms with E-state index in [0.29, 0.717) is 32.8 Å². The number of carbonyl (C=O) groups excluding carboxylic acids is 1. The Hall–Kier alpha value is -0.950. The van der Waals surface area contributed by atoms with Crippen molar-refractivity contribution in [3.63, 3.8) is 0 Å². The summed E-state index contributed by atoms with van der Waals surface area (Å²) in [6.45, 7) is 2.67. The van der Waals surface area contributed by atoms with Gasteiger partial charge in [-0.3, -0.25) is 9.69 Å². The van der Waals surface area contributed by atoms with E-state index in [4.69, 9.17) is 9.84 Å². The molecule has 0 saturated carbocycles. The fourth-order valence-electron chi connectivity index (χ4n) is 1.69. The molecule has 1 N–H and O–H groups in total. The maximum Gasteiger partial charge on any atom is 0.236 e. The zero-order chi connectivity index (χ0) is 14.1. The summed E-state index contributed by atoms with van der Waals surface area (Å²) in [7, 11) is 3.43. The van der Waals surface area contributed by atoms with Crippen LogP contribution in [0, 0.1) is 0 Å². The predicted molar refractivity (Wildman–Crippen MR) is 76.2 cm³/mol. The van der Waals surface area contributed by atoms with Crippen LogP contribution in [0.3, 0.4) is 0 Å². The SMILES string of the molecule is COCCN(CCO)CC(=O)N(C)Cc1ccsc1. The van der Waals surface area contributed by atoms with Crippen molar-refractivity contribution in [3.8, 4) is 0 Å². The lowest BCUT2D eigenvalue weighted by molar-refractivity contribution is -0.131. The molecule has 6 heteroatoms. The van der Waals surface area contributed by atoms with Gasteiger partial charge in [0.25, 0.3) is 0 Å². The zero-order valence-electron chi connectivity index (χ0n) is 11.5. The Morgan fingerprint density at radius 3 is 2.84 bits per heavy atom. The molecule has 1 aromatic heterocycles. The highest BCUT2D eigenvalue weighted by Crippen LogP contribution is 2.08. The zero-order valence-corrected chi connectivity index (χ0v) is 12.4. The van der Waals surface area contributed by atoms with Crippen LogP contribution in [0.1, 0.15) is 5.56 Å². The highest BCUT2D eigenvalue weighted by Gasteiger charge is 2.14. The Bertz CT molecular complexity index is 357. The topological polar surface area (TPSA) is 53.0 Å². The Labute approximate surface area is 118 Å². The molecule has 0 radical (unpaired) electrons. The smallest absolute Gasteiger partial charge is 0.236 e.